The number of hydrogen-bond donors (Lipinski definition) is 0. The van der Waals surface area contributed by atoms with E-state index in [9.17, 15) is 18.4 Å². The Hall–Kier alpha value is -1.40. The highest BCUT2D eigenvalue weighted by molar-refractivity contribution is 5.69. The first kappa shape index (κ1) is 15.0. The number of nitrogens with zero attached hydrogens (tertiary/aromatic N) is 2. The average Bonchev–Trinajstić information content (AvgIpc) is 2.22. The molecule has 0 unspecified atom stereocenters. The molecule has 2 heterocycles. The molecule has 114 valence electrons. The van der Waals surface area contributed by atoms with Gasteiger partial charge in [0, 0.05) is 19.6 Å². The van der Waals surface area contributed by atoms with E-state index in [1.165, 1.54) is 4.90 Å². The molecule has 2 amide bonds. The highest BCUT2D eigenvalue weighted by Gasteiger charge is 2.63. The van der Waals surface area contributed by atoms with E-state index in [0.717, 1.165) is 4.90 Å². The minimum atomic E-state index is -2.97. The van der Waals surface area contributed by atoms with Crippen molar-refractivity contribution in [3.05, 3.63) is 0 Å². The van der Waals surface area contributed by atoms with Crippen LogP contribution in [0.4, 0.5) is 13.6 Å². The fraction of sp³-hybridized carbons (Fsp3) is 0.846. The predicted octanol–water partition coefficient (Wildman–Crippen LogP) is 1.72. The topological polar surface area (TPSA) is 49.9 Å². The second kappa shape index (κ2) is 4.56. The van der Waals surface area contributed by atoms with Crippen molar-refractivity contribution < 1.29 is 23.1 Å². The highest BCUT2D eigenvalue weighted by atomic mass is 19.3. The zero-order valence-corrected chi connectivity index (χ0v) is 12.0. The number of ether oxygens (including phenoxy) is 1. The van der Waals surface area contributed by atoms with Crippen LogP contribution in [-0.2, 0) is 9.53 Å². The fourth-order valence-corrected chi connectivity index (χ4v) is 2.66. The molecule has 2 aliphatic heterocycles. The third-order valence-corrected chi connectivity index (χ3v) is 3.84. The van der Waals surface area contributed by atoms with E-state index < -0.39 is 29.6 Å². The third-order valence-electron chi connectivity index (χ3n) is 3.84. The van der Waals surface area contributed by atoms with Crippen molar-refractivity contribution in [2.45, 2.75) is 38.7 Å². The smallest absolute Gasteiger partial charge is 0.410 e. The zero-order chi connectivity index (χ0) is 15.2. The van der Waals surface area contributed by atoms with Gasteiger partial charge >= 0.3 is 6.09 Å². The van der Waals surface area contributed by atoms with Crippen LogP contribution in [0, 0.1) is 5.41 Å². The van der Waals surface area contributed by atoms with E-state index in [4.69, 9.17) is 4.74 Å². The van der Waals surface area contributed by atoms with Crippen LogP contribution in [0.3, 0.4) is 0 Å². The van der Waals surface area contributed by atoms with Gasteiger partial charge in [-0.05, 0) is 27.2 Å². The maximum absolute atomic E-state index is 14.1. The Morgan fingerprint density at radius 3 is 2.30 bits per heavy atom. The van der Waals surface area contributed by atoms with Crippen LogP contribution in [0.25, 0.3) is 0 Å². The van der Waals surface area contributed by atoms with Crippen molar-refractivity contribution in [3.8, 4) is 0 Å². The molecule has 0 N–H and O–H groups in total. The Labute approximate surface area is 116 Å². The van der Waals surface area contributed by atoms with Crippen molar-refractivity contribution in [2.24, 2.45) is 5.41 Å². The quantitative estimate of drug-likeness (QED) is 0.691. The molecule has 0 atom stereocenters. The summed E-state index contributed by atoms with van der Waals surface area (Å²) >= 11 is 0. The first-order valence-corrected chi connectivity index (χ1v) is 6.64. The largest absolute Gasteiger partial charge is 0.444 e. The summed E-state index contributed by atoms with van der Waals surface area (Å²) in [7, 11) is 0. The molecule has 7 heteroatoms. The summed E-state index contributed by atoms with van der Waals surface area (Å²) in [5.41, 5.74) is -1.84. The lowest BCUT2D eigenvalue weighted by molar-refractivity contribution is -0.216. The molecule has 5 nitrogen and oxygen atoms in total. The van der Waals surface area contributed by atoms with Gasteiger partial charge in [0.2, 0.25) is 6.41 Å². The molecule has 0 aromatic rings. The van der Waals surface area contributed by atoms with Crippen molar-refractivity contribution in [3.63, 3.8) is 0 Å². The van der Waals surface area contributed by atoms with Gasteiger partial charge in [0.05, 0.1) is 12.0 Å². The Bertz CT molecular complexity index is 414. The Kier molecular flexibility index (Phi) is 3.42. The number of alkyl halides is 2. The molecule has 2 saturated heterocycles. The summed E-state index contributed by atoms with van der Waals surface area (Å²) in [6, 6.07) is 0. The molecule has 0 aromatic heterocycles. The lowest BCUT2D eigenvalue weighted by Crippen LogP contribution is -2.71. The normalized spacial score (nSPS) is 24.2. The van der Waals surface area contributed by atoms with E-state index >= 15 is 0 Å². The number of carbonyl (C=O) groups excluding carboxylic acids is 2. The van der Waals surface area contributed by atoms with Gasteiger partial charge in [0.15, 0.2) is 0 Å². The SMILES string of the molecule is CC(C)(C)OC(=O)N1CC2(CCN(C=O)CC2(F)F)C1. The van der Waals surface area contributed by atoms with Crippen LogP contribution < -0.4 is 0 Å². The van der Waals surface area contributed by atoms with Gasteiger partial charge < -0.3 is 14.5 Å². The second-order valence-corrected chi connectivity index (χ2v) is 6.65. The Morgan fingerprint density at radius 1 is 1.25 bits per heavy atom. The molecule has 0 aliphatic carbocycles. The lowest BCUT2D eigenvalue weighted by Gasteiger charge is -2.56. The van der Waals surface area contributed by atoms with Gasteiger partial charge in [-0.1, -0.05) is 0 Å². The number of piperidine rings is 1. The molecule has 20 heavy (non-hydrogen) atoms. The molecule has 0 radical (unpaired) electrons. The number of carbonyl (C=O) groups is 2. The number of rotatable bonds is 1. The second-order valence-electron chi connectivity index (χ2n) is 6.65. The van der Waals surface area contributed by atoms with Crippen molar-refractivity contribution in [2.75, 3.05) is 26.2 Å². The number of amides is 2. The predicted molar refractivity (Wildman–Crippen MR) is 67.4 cm³/mol. The zero-order valence-electron chi connectivity index (χ0n) is 12.0. The minimum absolute atomic E-state index is 0.0123. The Balaban J connectivity index is 1.97. The molecule has 0 bridgehead atoms. The molecule has 2 aliphatic rings. The summed E-state index contributed by atoms with van der Waals surface area (Å²) in [5, 5.41) is 0. The van der Waals surface area contributed by atoms with Crippen LogP contribution in [0.2, 0.25) is 0 Å². The summed E-state index contributed by atoms with van der Waals surface area (Å²) in [5.74, 6) is -2.97. The monoisotopic (exact) mass is 290 g/mol. The van der Waals surface area contributed by atoms with Crippen LogP contribution in [-0.4, -0.2) is 60.0 Å². The van der Waals surface area contributed by atoms with Gasteiger partial charge in [-0.15, -0.1) is 0 Å². The van der Waals surface area contributed by atoms with Crippen molar-refractivity contribution >= 4 is 12.5 Å². The summed E-state index contributed by atoms with van der Waals surface area (Å²) in [6.07, 6.45) is 0.0973. The van der Waals surface area contributed by atoms with Gasteiger partial charge in [-0.3, -0.25) is 4.79 Å². The Morgan fingerprint density at radius 2 is 1.85 bits per heavy atom. The van der Waals surface area contributed by atoms with Gasteiger partial charge in [0.1, 0.15) is 5.60 Å². The minimum Gasteiger partial charge on any atom is -0.444 e. The number of hydrogen-bond acceptors (Lipinski definition) is 3. The van der Waals surface area contributed by atoms with E-state index in [1.807, 2.05) is 0 Å². The highest BCUT2D eigenvalue weighted by Crippen LogP contribution is 2.50. The molecule has 0 saturated carbocycles. The fourth-order valence-electron chi connectivity index (χ4n) is 2.66. The summed E-state index contributed by atoms with van der Waals surface area (Å²) < 4.78 is 33.4. The van der Waals surface area contributed by atoms with Gasteiger partial charge in [-0.25, -0.2) is 13.6 Å². The van der Waals surface area contributed by atoms with Gasteiger partial charge in [-0.2, -0.15) is 0 Å². The summed E-state index contributed by atoms with van der Waals surface area (Å²) in [6.45, 7) is 4.91. The first-order valence-electron chi connectivity index (χ1n) is 6.64. The maximum Gasteiger partial charge on any atom is 0.410 e. The maximum atomic E-state index is 14.1. The van der Waals surface area contributed by atoms with E-state index in [0.29, 0.717) is 13.0 Å². The van der Waals surface area contributed by atoms with Crippen LogP contribution in [0.1, 0.15) is 27.2 Å². The molecule has 2 fully saturated rings. The third kappa shape index (κ3) is 2.58. The molecule has 1 spiro atoms. The van der Waals surface area contributed by atoms with E-state index in [-0.39, 0.29) is 19.5 Å². The summed E-state index contributed by atoms with van der Waals surface area (Å²) in [4.78, 5) is 24.8. The number of likely N-dealkylation sites (tertiary alicyclic amines) is 2. The molecular weight excluding hydrogens is 270 g/mol. The van der Waals surface area contributed by atoms with E-state index in [1.54, 1.807) is 20.8 Å². The molecule has 2 rings (SSSR count). The van der Waals surface area contributed by atoms with Gasteiger partial charge in [0.25, 0.3) is 5.92 Å². The number of halogens is 2. The van der Waals surface area contributed by atoms with Crippen molar-refractivity contribution in [1.29, 1.82) is 0 Å². The molecular formula is C13H20F2N2O3. The van der Waals surface area contributed by atoms with Crippen molar-refractivity contribution in [1.82, 2.24) is 9.80 Å². The van der Waals surface area contributed by atoms with Crippen LogP contribution in [0.15, 0.2) is 0 Å². The van der Waals surface area contributed by atoms with Crippen LogP contribution >= 0.6 is 0 Å². The molecule has 0 aromatic carbocycles. The van der Waals surface area contributed by atoms with Crippen LogP contribution in [0.5, 0.6) is 0 Å². The standard InChI is InChI=1S/C13H20F2N2O3/c1-11(2,3)20-10(19)17-6-12(7-17)4-5-16(9-18)8-13(12,14)15/h9H,4-8H2,1-3H3. The average molecular weight is 290 g/mol. The lowest BCUT2D eigenvalue weighted by atomic mass is 9.69. The first-order chi connectivity index (χ1) is 9.09. The van der Waals surface area contributed by atoms with E-state index in [2.05, 4.69) is 0 Å².